The highest BCUT2D eigenvalue weighted by Gasteiger charge is 2.33. The van der Waals surface area contributed by atoms with Gasteiger partial charge in [0.05, 0.1) is 25.3 Å². The molecule has 1 heterocycles. The van der Waals surface area contributed by atoms with Crippen LogP contribution in [0.15, 0.2) is 59.8 Å². The van der Waals surface area contributed by atoms with Crippen molar-refractivity contribution in [3.63, 3.8) is 0 Å². The van der Waals surface area contributed by atoms with Gasteiger partial charge < -0.3 is 30.3 Å². The van der Waals surface area contributed by atoms with E-state index in [4.69, 9.17) is 21.7 Å². The Bertz CT molecular complexity index is 1050. The molecule has 1 aliphatic heterocycles. The summed E-state index contributed by atoms with van der Waals surface area (Å²) in [4.78, 5) is 26.9. The van der Waals surface area contributed by atoms with Gasteiger partial charge in [-0.05, 0) is 68.0 Å². The first-order valence-corrected chi connectivity index (χ1v) is 10.5. The van der Waals surface area contributed by atoms with Crippen molar-refractivity contribution in [3.05, 3.63) is 65.4 Å². The third-order valence-electron chi connectivity index (χ3n) is 5.08. The average Bonchev–Trinajstić information content (AvgIpc) is 2.78. The lowest BCUT2D eigenvalue weighted by molar-refractivity contribution is -0.139. The van der Waals surface area contributed by atoms with E-state index in [2.05, 4.69) is 16.0 Å². The zero-order valence-corrected chi connectivity index (χ0v) is 19.2. The van der Waals surface area contributed by atoms with Gasteiger partial charge in [0.2, 0.25) is 0 Å². The number of urea groups is 1. The van der Waals surface area contributed by atoms with E-state index in [9.17, 15) is 9.59 Å². The molecular weight excluding hydrogens is 428 g/mol. The summed E-state index contributed by atoms with van der Waals surface area (Å²) >= 11 is 5.42. The van der Waals surface area contributed by atoms with Gasteiger partial charge in [0.15, 0.2) is 5.11 Å². The van der Waals surface area contributed by atoms with Crippen molar-refractivity contribution in [2.45, 2.75) is 19.9 Å². The molecule has 0 bridgehead atoms. The van der Waals surface area contributed by atoms with Crippen LogP contribution in [0.25, 0.3) is 0 Å². The van der Waals surface area contributed by atoms with Crippen LogP contribution in [0.1, 0.15) is 25.5 Å². The summed E-state index contributed by atoms with van der Waals surface area (Å²) in [5.41, 5.74) is 3.16. The van der Waals surface area contributed by atoms with Crippen molar-refractivity contribution in [3.8, 4) is 5.75 Å². The predicted octanol–water partition coefficient (Wildman–Crippen LogP) is 4.04. The van der Waals surface area contributed by atoms with Gasteiger partial charge in [0, 0.05) is 24.1 Å². The molecule has 0 aromatic heterocycles. The predicted molar refractivity (Wildman–Crippen MR) is 128 cm³/mol. The van der Waals surface area contributed by atoms with Gasteiger partial charge in [-0.15, -0.1) is 0 Å². The molecule has 0 saturated carbocycles. The molecule has 3 N–H and O–H groups in total. The molecule has 8 nitrogen and oxygen atoms in total. The molecule has 32 heavy (non-hydrogen) atoms. The van der Waals surface area contributed by atoms with Crippen LogP contribution in [0.3, 0.4) is 0 Å². The number of methoxy groups -OCH3 is 1. The Labute approximate surface area is 192 Å². The van der Waals surface area contributed by atoms with Crippen LogP contribution in [-0.4, -0.2) is 42.8 Å². The van der Waals surface area contributed by atoms with E-state index >= 15 is 0 Å². The SMILES string of the molecule is CCOC(=O)C1=C(C)N(C)C(=S)NC1c1cccc(NC(=O)Nc2ccc(OC)cc2)c1. The van der Waals surface area contributed by atoms with Crippen LogP contribution in [-0.2, 0) is 9.53 Å². The van der Waals surface area contributed by atoms with Crippen molar-refractivity contribution in [2.75, 3.05) is 31.4 Å². The van der Waals surface area contributed by atoms with Crippen LogP contribution in [0.2, 0.25) is 0 Å². The molecule has 3 rings (SSSR count). The summed E-state index contributed by atoms with van der Waals surface area (Å²) < 4.78 is 10.4. The number of amides is 2. The van der Waals surface area contributed by atoms with E-state index in [1.807, 2.05) is 13.0 Å². The van der Waals surface area contributed by atoms with Crippen molar-refractivity contribution >= 4 is 40.7 Å². The second-order valence-corrected chi connectivity index (χ2v) is 7.48. The summed E-state index contributed by atoms with van der Waals surface area (Å²) in [6.45, 7) is 3.86. The zero-order chi connectivity index (χ0) is 23.3. The Morgan fingerprint density at radius 1 is 1.12 bits per heavy atom. The summed E-state index contributed by atoms with van der Waals surface area (Å²) in [5, 5.41) is 9.27. The maximum absolute atomic E-state index is 12.7. The minimum absolute atomic E-state index is 0.267. The molecule has 1 unspecified atom stereocenters. The Balaban J connectivity index is 1.81. The monoisotopic (exact) mass is 454 g/mol. The quantitative estimate of drug-likeness (QED) is 0.448. The van der Waals surface area contributed by atoms with Gasteiger partial charge in [-0.3, -0.25) is 0 Å². The van der Waals surface area contributed by atoms with Crippen molar-refractivity contribution < 1.29 is 19.1 Å². The van der Waals surface area contributed by atoms with E-state index < -0.39 is 18.0 Å². The molecule has 2 amide bonds. The molecular formula is C23H26N4O4S. The maximum Gasteiger partial charge on any atom is 0.338 e. The highest BCUT2D eigenvalue weighted by molar-refractivity contribution is 7.80. The molecule has 0 saturated heterocycles. The smallest absolute Gasteiger partial charge is 0.338 e. The Hall–Kier alpha value is -3.59. The molecule has 0 spiro atoms. The van der Waals surface area contributed by atoms with E-state index in [1.54, 1.807) is 68.4 Å². The fraction of sp³-hybridized carbons (Fsp3) is 0.261. The number of carbonyl (C=O) groups is 2. The number of benzene rings is 2. The molecule has 2 aromatic rings. The Kier molecular flexibility index (Phi) is 7.32. The molecule has 0 fully saturated rings. The van der Waals surface area contributed by atoms with Gasteiger partial charge in [-0.1, -0.05) is 12.1 Å². The fourth-order valence-corrected chi connectivity index (χ4v) is 3.58. The first kappa shape index (κ1) is 23.1. The lowest BCUT2D eigenvalue weighted by Gasteiger charge is -2.35. The third-order valence-corrected chi connectivity index (χ3v) is 5.47. The van der Waals surface area contributed by atoms with Crippen molar-refractivity contribution in [1.82, 2.24) is 10.2 Å². The molecule has 168 valence electrons. The van der Waals surface area contributed by atoms with Crippen molar-refractivity contribution in [1.29, 1.82) is 0 Å². The Morgan fingerprint density at radius 3 is 2.47 bits per heavy atom. The highest BCUT2D eigenvalue weighted by Crippen LogP contribution is 2.32. The number of thiocarbonyl (C=S) groups is 1. The molecule has 2 aromatic carbocycles. The molecule has 1 aliphatic rings. The number of allylic oxidation sites excluding steroid dienone is 1. The standard InChI is InChI=1S/C23H26N4O4S/c1-5-31-21(28)19-14(2)27(3)23(32)26-20(19)15-7-6-8-17(13-15)25-22(29)24-16-9-11-18(30-4)12-10-16/h6-13,20H,5H2,1-4H3,(H,26,32)(H2,24,25,29). The van der Waals surface area contributed by atoms with E-state index in [0.717, 1.165) is 5.56 Å². The molecule has 1 atom stereocenters. The largest absolute Gasteiger partial charge is 0.497 e. The normalized spacial score (nSPS) is 15.7. The lowest BCUT2D eigenvalue weighted by Crippen LogP contribution is -2.46. The van der Waals surface area contributed by atoms with Gasteiger partial charge in [-0.2, -0.15) is 0 Å². The van der Waals surface area contributed by atoms with Gasteiger partial charge >= 0.3 is 12.0 Å². The van der Waals surface area contributed by atoms with Crippen LogP contribution >= 0.6 is 12.2 Å². The molecule has 0 radical (unpaired) electrons. The lowest BCUT2D eigenvalue weighted by atomic mass is 9.95. The Morgan fingerprint density at radius 2 is 1.81 bits per heavy atom. The first-order valence-electron chi connectivity index (χ1n) is 10.1. The van der Waals surface area contributed by atoms with Crippen LogP contribution in [0, 0.1) is 0 Å². The minimum Gasteiger partial charge on any atom is -0.497 e. The number of nitrogens with one attached hydrogen (secondary N) is 3. The fourth-order valence-electron chi connectivity index (χ4n) is 3.32. The van der Waals surface area contributed by atoms with Crippen molar-refractivity contribution in [2.24, 2.45) is 0 Å². The molecule has 0 aliphatic carbocycles. The number of ether oxygens (including phenoxy) is 2. The number of rotatable bonds is 6. The topological polar surface area (TPSA) is 91.9 Å². The van der Waals surface area contributed by atoms with Crippen LogP contribution in [0.4, 0.5) is 16.2 Å². The third kappa shape index (κ3) is 5.17. The van der Waals surface area contributed by atoms with Gasteiger partial charge in [0.25, 0.3) is 0 Å². The summed E-state index contributed by atoms with van der Waals surface area (Å²) in [5.74, 6) is 0.292. The minimum atomic E-state index is -0.496. The second-order valence-electron chi connectivity index (χ2n) is 7.09. The first-order chi connectivity index (χ1) is 15.3. The van der Waals surface area contributed by atoms with Crippen LogP contribution in [0.5, 0.6) is 5.75 Å². The second kappa shape index (κ2) is 10.1. The van der Waals surface area contributed by atoms with Gasteiger partial charge in [0.1, 0.15) is 5.75 Å². The zero-order valence-electron chi connectivity index (χ0n) is 18.4. The van der Waals surface area contributed by atoms with Gasteiger partial charge in [-0.25, -0.2) is 9.59 Å². The highest BCUT2D eigenvalue weighted by atomic mass is 32.1. The number of hydrogen-bond acceptors (Lipinski definition) is 5. The van der Waals surface area contributed by atoms with Crippen LogP contribution < -0.4 is 20.7 Å². The van der Waals surface area contributed by atoms with E-state index in [1.165, 1.54) is 0 Å². The molecule has 9 heteroatoms. The number of anilines is 2. The number of nitrogens with zero attached hydrogens (tertiary/aromatic N) is 1. The number of carbonyl (C=O) groups excluding carboxylic acids is 2. The summed E-state index contributed by atoms with van der Waals surface area (Å²) in [6.07, 6.45) is 0. The maximum atomic E-state index is 12.7. The summed E-state index contributed by atoms with van der Waals surface area (Å²) in [6, 6.07) is 13.4. The summed E-state index contributed by atoms with van der Waals surface area (Å²) in [7, 11) is 3.37. The number of hydrogen-bond donors (Lipinski definition) is 3. The van der Waals surface area contributed by atoms with E-state index in [0.29, 0.717) is 33.5 Å². The van der Waals surface area contributed by atoms with E-state index in [-0.39, 0.29) is 6.61 Å². The average molecular weight is 455 g/mol. The number of esters is 1.